The highest BCUT2D eigenvalue weighted by Crippen LogP contribution is 2.49. The van der Waals surface area contributed by atoms with Crippen molar-refractivity contribution in [2.45, 2.75) is 32.6 Å². The number of carbonyl (C=O) groups is 1. The number of carbonyl (C=O) groups excluding carboxylic acids is 1. The molecule has 1 aromatic rings. The Morgan fingerprint density at radius 3 is 2.67 bits per heavy atom. The van der Waals surface area contributed by atoms with Gasteiger partial charge in [-0.3, -0.25) is 4.79 Å². The fraction of sp³-hybridized carbons (Fsp3) is 0.333. The van der Waals surface area contributed by atoms with Crippen LogP contribution in [0.3, 0.4) is 0 Å². The molecule has 1 aromatic carbocycles. The van der Waals surface area contributed by atoms with Crippen LogP contribution in [0, 0.1) is 16.7 Å². The third-order valence-corrected chi connectivity index (χ3v) is 4.91. The highest BCUT2D eigenvalue weighted by molar-refractivity contribution is 6.35. The second-order valence-electron chi connectivity index (χ2n) is 6.87. The summed E-state index contributed by atoms with van der Waals surface area (Å²) in [5.74, 6) is -0.105. The van der Waals surface area contributed by atoms with E-state index < -0.39 is 5.92 Å². The summed E-state index contributed by atoms with van der Waals surface area (Å²) in [5.41, 5.74) is 7.05. The van der Waals surface area contributed by atoms with E-state index in [0.717, 1.165) is 0 Å². The third-order valence-electron chi connectivity index (χ3n) is 4.35. The van der Waals surface area contributed by atoms with Crippen molar-refractivity contribution in [3.63, 3.8) is 0 Å². The molecule has 2 aliphatic rings. The number of allylic oxidation sites excluding steroid dienone is 3. The first-order chi connectivity index (χ1) is 11.2. The van der Waals surface area contributed by atoms with E-state index in [0.29, 0.717) is 39.8 Å². The minimum atomic E-state index is -0.618. The average molecular weight is 363 g/mol. The lowest BCUT2D eigenvalue weighted by Gasteiger charge is -2.37. The first kappa shape index (κ1) is 16.9. The minimum absolute atomic E-state index is 0.0257. The highest BCUT2D eigenvalue weighted by atomic mass is 35.5. The van der Waals surface area contributed by atoms with Gasteiger partial charge in [-0.1, -0.05) is 43.1 Å². The van der Waals surface area contributed by atoms with Crippen molar-refractivity contribution >= 4 is 29.0 Å². The van der Waals surface area contributed by atoms with Gasteiger partial charge < -0.3 is 10.5 Å². The van der Waals surface area contributed by atoms with Gasteiger partial charge in [0, 0.05) is 28.5 Å². The Balaban J connectivity index is 2.22. The molecule has 124 valence electrons. The third kappa shape index (κ3) is 2.79. The van der Waals surface area contributed by atoms with E-state index in [2.05, 4.69) is 6.07 Å². The zero-order valence-corrected chi connectivity index (χ0v) is 14.8. The van der Waals surface area contributed by atoms with E-state index in [4.69, 9.17) is 33.7 Å². The van der Waals surface area contributed by atoms with Crippen molar-refractivity contribution < 1.29 is 9.53 Å². The molecule has 3 rings (SSSR count). The van der Waals surface area contributed by atoms with E-state index >= 15 is 0 Å². The monoisotopic (exact) mass is 362 g/mol. The average Bonchev–Trinajstić information content (AvgIpc) is 2.44. The smallest absolute Gasteiger partial charge is 0.205 e. The minimum Gasteiger partial charge on any atom is -0.444 e. The lowest BCUT2D eigenvalue weighted by Crippen LogP contribution is -2.33. The van der Waals surface area contributed by atoms with Gasteiger partial charge in [0.05, 0.1) is 5.92 Å². The molecule has 0 bridgehead atoms. The summed E-state index contributed by atoms with van der Waals surface area (Å²) >= 11 is 12.3. The molecule has 2 N–H and O–H groups in total. The maximum absolute atomic E-state index is 12.8. The van der Waals surface area contributed by atoms with Crippen LogP contribution >= 0.6 is 23.2 Å². The summed E-state index contributed by atoms with van der Waals surface area (Å²) in [6.45, 7) is 4.00. The Bertz CT molecular complexity index is 847. The molecule has 0 spiro atoms. The molecule has 0 unspecified atom stereocenters. The maximum atomic E-state index is 12.8. The number of hydrogen-bond donors (Lipinski definition) is 1. The molecule has 0 aromatic heterocycles. The van der Waals surface area contributed by atoms with E-state index in [1.165, 1.54) is 0 Å². The molecule has 1 aliphatic heterocycles. The number of ether oxygens (including phenoxy) is 1. The molecule has 0 fully saturated rings. The number of nitriles is 1. The molecule has 6 heteroatoms. The largest absolute Gasteiger partial charge is 0.444 e. The number of hydrogen-bond acceptors (Lipinski definition) is 4. The predicted octanol–water partition coefficient (Wildman–Crippen LogP) is 4.44. The normalized spacial score (nSPS) is 22.8. The van der Waals surface area contributed by atoms with Crippen molar-refractivity contribution in [1.82, 2.24) is 0 Å². The summed E-state index contributed by atoms with van der Waals surface area (Å²) in [6.07, 6.45) is 0.963. The number of halogens is 2. The van der Waals surface area contributed by atoms with Gasteiger partial charge in [0.15, 0.2) is 5.78 Å². The van der Waals surface area contributed by atoms with Crippen LogP contribution < -0.4 is 5.73 Å². The van der Waals surface area contributed by atoms with Gasteiger partial charge in [0.25, 0.3) is 0 Å². The van der Waals surface area contributed by atoms with Gasteiger partial charge in [-0.25, -0.2) is 0 Å². The van der Waals surface area contributed by atoms with Crippen molar-refractivity contribution in [2.75, 3.05) is 0 Å². The number of nitrogens with two attached hydrogens (primary N) is 1. The van der Waals surface area contributed by atoms with Gasteiger partial charge in [-0.15, -0.1) is 0 Å². The Kier molecular flexibility index (Phi) is 4.11. The Labute approximate surface area is 150 Å². The van der Waals surface area contributed by atoms with Crippen molar-refractivity contribution in [3.8, 4) is 6.07 Å². The van der Waals surface area contributed by atoms with Crippen LogP contribution in [0.15, 0.2) is 41.0 Å². The predicted molar refractivity (Wildman–Crippen MR) is 92.2 cm³/mol. The van der Waals surface area contributed by atoms with Crippen LogP contribution in [-0.2, 0) is 9.53 Å². The van der Waals surface area contributed by atoms with E-state index in [1.54, 1.807) is 18.2 Å². The second-order valence-corrected chi connectivity index (χ2v) is 7.71. The summed E-state index contributed by atoms with van der Waals surface area (Å²) in [5, 5.41) is 10.4. The molecule has 1 aliphatic carbocycles. The van der Waals surface area contributed by atoms with Crippen LogP contribution in [0.25, 0.3) is 0 Å². The van der Waals surface area contributed by atoms with Gasteiger partial charge in [-0.2, -0.15) is 5.26 Å². The van der Waals surface area contributed by atoms with E-state index in [-0.39, 0.29) is 22.7 Å². The number of nitrogens with zero attached hydrogens (tertiary/aromatic N) is 1. The summed E-state index contributed by atoms with van der Waals surface area (Å²) < 4.78 is 5.64. The molecular formula is C18H16Cl2N2O2. The lowest BCUT2D eigenvalue weighted by molar-refractivity contribution is -0.119. The van der Waals surface area contributed by atoms with Crippen LogP contribution in [0.5, 0.6) is 0 Å². The number of rotatable bonds is 1. The zero-order valence-electron chi connectivity index (χ0n) is 13.3. The first-order valence-corrected chi connectivity index (χ1v) is 8.28. The number of ketones is 1. The molecule has 1 heterocycles. The fourth-order valence-corrected chi connectivity index (χ4v) is 3.85. The molecule has 24 heavy (non-hydrogen) atoms. The SMILES string of the molecule is CC1(C)CC(=O)C2=C(C1)OC(N)=C(C#N)[C@@H]2c1ccc(Cl)cc1Cl. The number of benzene rings is 1. The molecule has 0 saturated carbocycles. The lowest BCUT2D eigenvalue weighted by atomic mass is 9.70. The number of Topliss-reactive ketones (excluding diaryl/α,β-unsaturated/α-hetero) is 1. The standard InChI is InChI=1S/C18H16Cl2N2O2/c1-18(2)6-13(23)16-14(7-18)24-17(22)11(8-21)15(16)10-4-3-9(19)5-12(10)20/h3-5,15H,6-7,22H2,1-2H3/t15-/m0/s1. The maximum Gasteiger partial charge on any atom is 0.205 e. The molecule has 0 amide bonds. The zero-order chi connectivity index (χ0) is 17.6. The Morgan fingerprint density at radius 1 is 1.33 bits per heavy atom. The van der Waals surface area contributed by atoms with Crippen molar-refractivity contribution in [3.05, 3.63) is 56.6 Å². The topological polar surface area (TPSA) is 76.1 Å². The van der Waals surface area contributed by atoms with Crippen LogP contribution in [-0.4, -0.2) is 5.78 Å². The summed E-state index contributed by atoms with van der Waals surface area (Å²) in [7, 11) is 0. The second kappa shape index (κ2) is 5.84. The quantitative estimate of drug-likeness (QED) is 0.800. The van der Waals surface area contributed by atoms with Gasteiger partial charge >= 0.3 is 0 Å². The van der Waals surface area contributed by atoms with E-state index in [1.807, 2.05) is 13.8 Å². The molecule has 0 saturated heterocycles. The highest BCUT2D eigenvalue weighted by Gasteiger charge is 2.43. The van der Waals surface area contributed by atoms with Gasteiger partial charge in [0.2, 0.25) is 5.88 Å². The van der Waals surface area contributed by atoms with Crippen molar-refractivity contribution in [1.29, 1.82) is 5.26 Å². The molecular weight excluding hydrogens is 347 g/mol. The summed E-state index contributed by atoms with van der Waals surface area (Å²) in [6, 6.07) is 7.07. The van der Waals surface area contributed by atoms with Gasteiger partial charge in [0.1, 0.15) is 17.4 Å². The molecule has 1 atom stereocenters. The Morgan fingerprint density at radius 2 is 2.04 bits per heavy atom. The first-order valence-electron chi connectivity index (χ1n) is 7.52. The van der Waals surface area contributed by atoms with Crippen molar-refractivity contribution in [2.24, 2.45) is 11.1 Å². The Hall–Kier alpha value is -1.96. The summed E-state index contributed by atoms with van der Waals surface area (Å²) in [4.78, 5) is 12.8. The van der Waals surface area contributed by atoms with Gasteiger partial charge in [-0.05, 0) is 23.1 Å². The molecule has 0 radical (unpaired) electrons. The fourth-order valence-electron chi connectivity index (χ4n) is 3.33. The van der Waals surface area contributed by atoms with Crippen LogP contribution in [0.1, 0.15) is 38.2 Å². The van der Waals surface area contributed by atoms with Crippen LogP contribution in [0.2, 0.25) is 10.0 Å². The molecule has 4 nitrogen and oxygen atoms in total. The van der Waals surface area contributed by atoms with E-state index in [9.17, 15) is 10.1 Å². The van der Waals surface area contributed by atoms with Crippen LogP contribution in [0.4, 0.5) is 0 Å².